The van der Waals surface area contributed by atoms with Crippen LogP contribution in [-0.2, 0) is 28.4 Å². The zero-order valence-electron chi connectivity index (χ0n) is 16.0. The Morgan fingerprint density at radius 2 is 2.03 bits per heavy atom. The summed E-state index contributed by atoms with van der Waals surface area (Å²) in [5.74, 6) is 0.127. The van der Waals surface area contributed by atoms with Crippen molar-refractivity contribution in [2.24, 2.45) is 7.05 Å². The molecule has 0 aliphatic heterocycles. The maximum absolute atomic E-state index is 13.0. The number of nitrogens with one attached hydrogen (secondary N) is 1. The van der Waals surface area contributed by atoms with Crippen LogP contribution < -0.4 is 0 Å². The third-order valence-corrected chi connectivity index (χ3v) is 7.08. The van der Waals surface area contributed by atoms with E-state index in [-0.39, 0.29) is 33.3 Å². The van der Waals surface area contributed by atoms with Gasteiger partial charge in [0.2, 0.25) is 0 Å². The molecule has 1 aliphatic carbocycles. The van der Waals surface area contributed by atoms with Crippen molar-refractivity contribution in [2.45, 2.75) is 36.3 Å². The SMILES string of the molecule is CC[S@](=N)(=O)c1cc(C2(C#N)CC2)cnc1-c1nc2cc(C(F)(F)F)nnc2n1C. The normalized spacial score (nSPS) is 17.5. The maximum Gasteiger partial charge on any atom is 0.435 e. The highest BCUT2D eigenvalue weighted by Gasteiger charge is 2.46. The van der Waals surface area contributed by atoms with Crippen molar-refractivity contribution in [1.82, 2.24) is 24.7 Å². The number of aromatic nitrogens is 5. The molecule has 0 saturated heterocycles. The second-order valence-corrected chi connectivity index (χ2v) is 9.53. The first kappa shape index (κ1) is 20.2. The minimum Gasteiger partial charge on any atom is -0.309 e. The highest BCUT2D eigenvalue weighted by atomic mass is 32.2. The molecule has 4 rings (SSSR count). The molecule has 1 fully saturated rings. The summed E-state index contributed by atoms with van der Waals surface area (Å²) >= 11 is 0. The minimum absolute atomic E-state index is 0.00660. The highest BCUT2D eigenvalue weighted by molar-refractivity contribution is 7.92. The largest absolute Gasteiger partial charge is 0.435 e. The molecular weight excluding hydrogens is 419 g/mol. The Morgan fingerprint density at radius 3 is 2.60 bits per heavy atom. The summed E-state index contributed by atoms with van der Waals surface area (Å²) in [4.78, 5) is 8.66. The Kier molecular flexibility index (Phi) is 4.36. The van der Waals surface area contributed by atoms with Gasteiger partial charge in [-0.2, -0.15) is 18.4 Å². The number of nitriles is 1. The molecule has 8 nitrogen and oxygen atoms in total. The van der Waals surface area contributed by atoms with Crippen LogP contribution in [-0.4, -0.2) is 34.7 Å². The predicted molar refractivity (Wildman–Crippen MR) is 101 cm³/mol. The summed E-state index contributed by atoms with van der Waals surface area (Å²) in [5, 5.41) is 16.3. The third kappa shape index (κ3) is 3.09. The fraction of sp³-hybridized carbons (Fsp3) is 0.389. The van der Waals surface area contributed by atoms with Gasteiger partial charge in [-0.3, -0.25) is 4.98 Å². The van der Waals surface area contributed by atoms with Gasteiger partial charge in [0.15, 0.2) is 17.2 Å². The lowest BCUT2D eigenvalue weighted by atomic mass is 9.99. The van der Waals surface area contributed by atoms with Crippen molar-refractivity contribution in [1.29, 1.82) is 10.0 Å². The number of aryl methyl sites for hydroxylation is 1. The van der Waals surface area contributed by atoms with Crippen LogP contribution in [0.3, 0.4) is 0 Å². The summed E-state index contributed by atoms with van der Waals surface area (Å²) in [6.07, 6.45) is -1.89. The smallest absolute Gasteiger partial charge is 0.309 e. The predicted octanol–water partition coefficient (Wildman–Crippen LogP) is 3.42. The molecule has 0 amide bonds. The van der Waals surface area contributed by atoms with E-state index in [1.807, 2.05) is 0 Å². The Hall–Kier alpha value is -3.07. The van der Waals surface area contributed by atoms with Crippen LogP contribution in [0, 0.1) is 16.1 Å². The van der Waals surface area contributed by atoms with E-state index in [1.54, 1.807) is 13.0 Å². The van der Waals surface area contributed by atoms with Crippen LogP contribution >= 0.6 is 0 Å². The fourth-order valence-corrected chi connectivity index (χ4v) is 4.29. The van der Waals surface area contributed by atoms with Crippen molar-refractivity contribution < 1.29 is 17.4 Å². The van der Waals surface area contributed by atoms with E-state index >= 15 is 0 Å². The quantitative estimate of drug-likeness (QED) is 0.670. The summed E-state index contributed by atoms with van der Waals surface area (Å²) in [6.45, 7) is 1.60. The molecule has 0 bridgehead atoms. The molecule has 3 aromatic rings. The van der Waals surface area contributed by atoms with Crippen LogP contribution in [0.5, 0.6) is 0 Å². The topological polar surface area (TPSA) is 121 Å². The van der Waals surface area contributed by atoms with Gasteiger partial charge in [-0.25, -0.2) is 14.0 Å². The number of alkyl halides is 3. The zero-order chi connectivity index (χ0) is 21.9. The monoisotopic (exact) mass is 435 g/mol. The standard InChI is InChI=1S/C18H16F3N7OS/c1-3-30(23,29)12-6-10(17(9-22)4-5-17)8-24-14(12)16-25-11-7-13(18(19,20)21)26-27-15(11)28(16)2/h6-8,23H,3-5H2,1-2H3/t30-/m0/s1. The molecule has 0 radical (unpaired) electrons. The van der Waals surface area contributed by atoms with E-state index in [0.29, 0.717) is 18.4 Å². The zero-order valence-corrected chi connectivity index (χ0v) is 16.8. The average Bonchev–Trinajstić information content (AvgIpc) is 3.45. The van der Waals surface area contributed by atoms with Gasteiger partial charge >= 0.3 is 6.18 Å². The van der Waals surface area contributed by atoms with Crippen molar-refractivity contribution in [3.63, 3.8) is 0 Å². The van der Waals surface area contributed by atoms with E-state index < -0.39 is 27.0 Å². The maximum atomic E-state index is 13.0. The van der Waals surface area contributed by atoms with Gasteiger partial charge in [-0.05, 0) is 24.5 Å². The van der Waals surface area contributed by atoms with E-state index in [4.69, 9.17) is 4.78 Å². The molecule has 3 heterocycles. The van der Waals surface area contributed by atoms with E-state index in [1.165, 1.54) is 17.8 Å². The minimum atomic E-state index is -4.67. The Morgan fingerprint density at radius 1 is 1.33 bits per heavy atom. The van der Waals surface area contributed by atoms with E-state index in [0.717, 1.165) is 6.07 Å². The van der Waals surface area contributed by atoms with Gasteiger partial charge in [0.25, 0.3) is 0 Å². The molecule has 1 atom stereocenters. The van der Waals surface area contributed by atoms with Gasteiger partial charge in [0, 0.05) is 25.1 Å². The summed E-state index contributed by atoms with van der Waals surface area (Å²) < 4.78 is 61.6. The van der Waals surface area contributed by atoms with Crippen molar-refractivity contribution >= 4 is 20.9 Å². The van der Waals surface area contributed by atoms with Crippen LogP contribution in [0.15, 0.2) is 23.2 Å². The number of nitrogens with zero attached hydrogens (tertiary/aromatic N) is 6. The first-order chi connectivity index (χ1) is 14.0. The number of hydrogen-bond acceptors (Lipinski definition) is 7. The number of hydrogen-bond donors (Lipinski definition) is 1. The Bertz CT molecular complexity index is 1320. The molecule has 1 saturated carbocycles. The number of imidazole rings is 1. The number of fused-ring (bicyclic) bond motifs is 1. The summed E-state index contributed by atoms with van der Waals surface area (Å²) in [7, 11) is -1.74. The van der Waals surface area contributed by atoms with Crippen molar-refractivity contribution in [3.8, 4) is 17.6 Å². The average molecular weight is 435 g/mol. The van der Waals surface area contributed by atoms with Crippen LogP contribution in [0.25, 0.3) is 22.7 Å². The number of halogens is 3. The summed E-state index contributed by atoms with van der Waals surface area (Å²) in [6, 6.07) is 4.57. The molecule has 0 spiro atoms. The molecular formula is C18H16F3N7OS. The Balaban J connectivity index is 1.95. The summed E-state index contributed by atoms with van der Waals surface area (Å²) in [5.41, 5.74) is -1.12. The first-order valence-corrected chi connectivity index (χ1v) is 10.7. The van der Waals surface area contributed by atoms with E-state index in [9.17, 15) is 22.6 Å². The first-order valence-electron chi connectivity index (χ1n) is 8.98. The molecule has 12 heteroatoms. The van der Waals surface area contributed by atoms with Crippen molar-refractivity contribution in [2.75, 3.05) is 5.75 Å². The second kappa shape index (κ2) is 6.46. The van der Waals surface area contributed by atoms with Gasteiger partial charge in [-0.1, -0.05) is 6.92 Å². The molecule has 156 valence electrons. The Labute approximate surface area is 169 Å². The fourth-order valence-electron chi connectivity index (χ4n) is 3.21. The lowest BCUT2D eigenvalue weighted by molar-refractivity contribution is -0.141. The van der Waals surface area contributed by atoms with Gasteiger partial charge in [-0.15, -0.1) is 10.2 Å². The van der Waals surface area contributed by atoms with Crippen LogP contribution in [0.1, 0.15) is 31.0 Å². The van der Waals surface area contributed by atoms with E-state index in [2.05, 4.69) is 26.2 Å². The molecule has 1 aliphatic rings. The van der Waals surface area contributed by atoms with Gasteiger partial charge in [0.05, 0.1) is 26.1 Å². The van der Waals surface area contributed by atoms with Crippen LogP contribution in [0.4, 0.5) is 13.2 Å². The molecule has 3 aromatic heterocycles. The lowest BCUT2D eigenvalue weighted by Gasteiger charge is -2.14. The lowest BCUT2D eigenvalue weighted by Crippen LogP contribution is -2.11. The van der Waals surface area contributed by atoms with Crippen LogP contribution in [0.2, 0.25) is 0 Å². The molecule has 0 unspecified atom stereocenters. The number of rotatable bonds is 4. The highest BCUT2D eigenvalue weighted by Crippen LogP contribution is 2.48. The number of pyridine rings is 1. The van der Waals surface area contributed by atoms with Crippen molar-refractivity contribution in [3.05, 3.63) is 29.6 Å². The second-order valence-electron chi connectivity index (χ2n) is 7.16. The van der Waals surface area contributed by atoms with Gasteiger partial charge < -0.3 is 4.57 Å². The third-order valence-electron chi connectivity index (χ3n) is 5.25. The molecule has 0 aromatic carbocycles. The molecule has 30 heavy (non-hydrogen) atoms. The van der Waals surface area contributed by atoms with Gasteiger partial charge in [0.1, 0.15) is 11.2 Å². The molecule has 1 N–H and O–H groups in total.